The van der Waals surface area contributed by atoms with Crippen molar-refractivity contribution in [3.8, 4) is 0 Å². The monoisotopic (exact) mass is 203 g/mol. The summed E-state index contributed by atoms with van der Waals surface area (Å²) in [7, 11) is 1.28. The molecule has 0 heterocycles. The SMILES string of the molecule is CC(C)=O.CNCCC[Si](C)(C)C. The summed E-state index contributed by atoms with van der Waals surface area (Å²) in [6.07, 6.45) is 1.35. The van der Waals surface area contributed by atoms with E-state index in [1.807, 2.05) is 7.05 Å². The van der Waals surface area contributed by atoms with Crippen LogP contribution in [-0.2, 0) is 4.79 Å². The first-order valence-corrected chi connectivity index (χ1v) is 8.62. The summed E-state index contributed by atoms with van der Waals surface area (Å²) >= 11 is 0. The summed E-state index contributed by atoms with van der Waals surface area (Å²) < 4.78 is 0. The van der Waals surface area contributed by atoms with E-state index in [4.69, 9.17) is 0 Å². The summed E-state index contributed by atoms with van der Waals surface area (Å²) in [4.78, 5) is 9.44. The van der Waals surface area contributed by atoms with Gasteiger partial charge in [0.2, 0.25) is 0 Å². The molecule has 0 spiro atoms. The third kappa shape index (κ3) is 33.6. The lowest BCUT2D eigenvalue weighted by Crippen LogP contribution is -2.21. The second-order valence-corrected chi connectivity index (χ2v) is 10.3. The maximum atomic E-state index is 9.44. The number of ketones is 1. The predicted octanol–water partition coefficient (Wildman–Crippen LogP) is 2.53. The van der Waals surface area contributed by atoms with Gasteiger partial charge in [0.15, 0.2) is 0 Å². The summed E-state index contributed by atoms with van der Waals surface area (Å²) in [5.41, 5.74) is 0. The summed E-state index contributed by atoms with van der Waals surface area (Å²) in [5.74, 6) is 0.167. The van der Waals surface area contributed by atoms with Crippen molar-refractivity contribution in [1.82, 2.24) is 5.32 Å². The highest BCUT2D eigenvalue weighted by Gasteiger charge is 2.10. The molecule has 0 aliphatic rings. The Bertz CT molecular complexity index is 125. The molecule has 0 fully saturated rings. The quantitative estimate of drug-likeness (QED) is 0.562. The molecule has 0 aliphatic heterocycles. The van der Waals surface area contributed by atoms with Crippen LogP contribution in [-0.4, -0.2) is 27.4 Å². The molecule has 0 radical (unpaired) electrons. The van der Waals surface area contributed by atoms with Gasteiger partial charge in [-0.3, -0.25) is 0 Å². The molecule has 0 saturated heterocycles. The maximum Gasteiger partial charge on any atom is 0.126 e. The van der Waals surface area contributed by atoms with E-state index >= 15 is 0 Å². The highest BCUT2D eigenvalue weighted by atomic mass is 28.3. The first kappa shape index (κ1) is 15.3. The number of rotatable bonds is 4. The summed E-state index contributed by atoms with van der Waals surface area (Å²) in [6.45, 7) is 11.5. The Morgan fingerprint density at radius 3 is 1.85 bits per heavy atom. The lowest BCUT2D eigenvalue weighted by Gasteiger charge is -2.14. The molecule has 0 aliphatic carbocycles. The van der Waals surface area contributed by atoms with Crippen LogP contribution in [0.3, 0.4) is 0 Å². The van der Waals surface area contributed by atoms with E-state index in [0.717, 1.165) is 0 Å². The molecule has 0 aromatic rings. The molecule has 80 valence electrons. The molecular formula is C10H25NOSi. The Morgan fingerprint density at radius 1 is 1.23 bits per heavy atom. The van der Waals surface area contributed by atoms with Crippen LogP contribution < -0.4 is 5.32 Å². The van der Waals surface area contributed by atoms with Crippen LogP contribution in [0.1, 0.15) is 20.3 Å². The number of carbonyl (C=O) groups excluding carboxylic acids is 1. The van der Waals surface area contributed by atoms with E-state index in [1.165, 1.54) is 32.9 Å². The fraction of sp³-hybridized carbons (Fsp3) is 0.900. The lowest BCUT2D eigenvalue weighted by atomic mass is 10.5. The van der Waals surface area contributed by atoms with Gasteiger partial charge >= 0.3 is 0 Å². The average molecular weight is 203 g/mol. The van der Waals surface area contributed by atoms with E-state index in [-0.39, 0.29) is 5.78 Å². The van der Waals surface area contributed by atoms with Crippen LogP contribution in [0.5, 0.6) is 0 Å². The lowest BCUT2D eigenvalue weighted by molar-refractivity contribution is -0.114. The van der Waals surface area contributed by atoms with E-state index in [0.29, 0.717) is 0 Å². The molecule has 0 rings (SSSR count). The van der Waals surface area contributed by atoms with E-state index in [2.05, 4.69) is 25.0 Å². The maximum absolute atomic E-state index is 9.44. The van der Waals surface area contributed by atoms with Gasteiger partial charge in [-0.1, -0.05) is 25.7 Å². The second kappa shape index (κ2) is 8.45. The number of hydrogen-bond donors (Lipinski definition) is 1. The number of carbonyl (C=O) groups is 1. The zero-order valence-corrected chi connectivity index (χ0v) is 11.0. The smallest absolute Gasteiger partial charge is 0.126 e. The van der Waals surface area contributed by atoms with Gasteiger partial charge in [-0.15, -0.1) is 0 Å². The number of nitrogens with one attached hydrogen (secondary N) is 1. The fourth-order valence-electron chi connectivity index (χ4n) is 0.795. The van der Waals surface area contributed by atoms with Gasteiger partial charge in [0, 0.05) is 8.07 Å². The van der Waals surface area contributed by atoms with Crippen LogP contribution in [0.15, 0.2) is 0 Å². The Labute approximate surface area is 84.1 Å². The van der Waals surface area contributed by atoms with Crippen molar-refractivity contribution < 1.29 is 4.79 Å². The van der Waals surface area contributed by atoms with Crippen molar-refractivity contribution in [1.29, 1.82) is 0 Å². The third-order valence-electron chi connectivity index (χ3n) is 1.35. The number of hydrogen-bond acceptors (Lipinski definition) is 2. The predicted molar refractivity (Wildman–Crippen MR) is 63.1 cm³/mol. The zero-order chi connectivity index (χ0) is 10.9. The van der Waals surface area contributed by atoms with Gasteiger partial charge in [-0.2, -0.15) is 0 Å². The second-order valence-electron chi connectivity index (χ2n) is 4.68. The van der Waals surface area contributed by atoms with E-state index < -0.39 is 8.07 Å². The Kier molecular flexibility index (Phi) is 9.96. The van der Waals surface area contributed by atoms with Gasteiger partial charge in [0.25, 0.3) is 0 Å². The number of Topliss-reactive ketones (excluding diaryl/α,β-unsaturated/α-hetero) is 1. The standard InChI is InChI=1S/C7H19NSi.C3H6O/c1-8-6-5-7-9(2,3)4;1-3(2)4/h8H,5-7H2,1-4H3;1-2H3. The molecule has 0 atom stereocenters. The molecule has 13 heavy (non-hydrogen) atoms. The van der Waals surface area contributed by atoms with Crippen LogP contribution in [0, 0.1) is 0 Å². The van der Waals surface area contributed by atoms with Crippen LogP contribution >= 0.6 is 0 Å². The largest absolute Gasteiger partial charge is 0.320 e. The Morgan fingerprint density at radius 2 is 1.62 bits per heavy atom. The highest BCUT2D eigenvalue weighted by Crippen LogP contribution is 2.09. The molecule has 0 amide bonds. The van der Waals surface area contributed by atoms with Gasteiger partial charge < -0.3 is 10.1 Å². The topological polar surface area (TPSA) is 29.1 Å². The minimum absolute atomic E-state index is 0.167. The van der Waals surface area contributed by atoms with Gasteiger partial charge in [-0.05, 0) is 33.9 Å². The minimum Gasteiger partial charge on any atom is -0.320 e. The first-order chi connectivity index (χ1) is 5.79. The van der Waals surface area contributed by atoms with E-state index in [9.17, 15) is 4.79 Å². The van der Waals surface area contributed by atoms with Crippen molar-refractivity contribution in [2.24, 2.45) is 0 Å². The van der Waals surface area contributed by atoms with Crippen molar-refractivity contribution in [2.75, 3.05) is 13.6 Å². The van der Waals surface area contributed by atoms with Gasteiger partial charge in [0.1, 0.15) is 5.78 Å². The molecular weight excluding hydrogens is 178 g/mol. The Hall–Kier alpha value is -0.153. The third-order valence-corrected chi connectivity index (χ3v) is 3.21. The van der Waals surface area contributed by atoms with Crippen molar-refractivity contribution in [3.63, 3.8) is 0 Å². The van der Waals surface area contributed by atoms with Crippen LogP contribution in [0.2, 0.25) is 25.7 Å². The van der Waals surface area contributed by atoms with Crippen LogP contribution in [0.25, 0.3) is 0 Å². The normalized spacial score (nSPS) is 10.3. The molecule has 0 unspecified atom stereocenters. The molecule has 0 aromatic heterocycles. The fourth-order valence-corrected chi connectivity index (χ4v) is 2.03. The molecule has 1 N–H and O–H groups in total. The van der Waals surface area contributed by atoms with Gasteiger partial charge in [-0.25, -0.2) is 0 Å². The van der Waals surface area contributed by atoms with Crippen molar-refractivity contribution in [3.05, 3.63) is 0 Å². The highest BCUT2D eigenvalue weighted by molar-refractivity contribution is 6.76. The van der Waals surface area contributed by atoms with Gasteiger partial charge in [0.05, 0.1) is 0 Å². The first-order valence-electron chi connectivity index (χ1n) is 4.91. The summed E-state index contributed by atoms with van der Waals surface area (Å²) in [6, 6.07) is 1.45. The molecule has 0 bridgehead atoms. The van der Waals surface area contributed by atoms with Crippen molar-refractivity contribution in [2.45, 2.75) is 46.0 Å². The van der Waals surface area contributed by atoms with E-state index in [1.54, 1.807) is 0 Å². The van der Waals surface area contributed by atoms with Crippen molar-refractivity contribution >= 4 is 13.9 Å². The molecule has 0 saturated carbocycles. The average Bonchev–Trinajstić information content (AvgIpc) is 1.83. The molecule has 0 aromatic carbocycles. The van der Waals surface area contributed by atoms with Crippen LogP contribution in [0.4, 0.5) is 0 Å². The molecule has 2 nitrogen and oxygen atoms in total. The molecule has 3 heteroatoms. The summed E-state index contributed by atoms with van der Waals surface area (Å²) in [5, 5.41) is 3.16. The minimum atomic E-state index is -0.734. The zero-order valence-electron chi connectivity index (χ0n) is 10.0. The Balaban J connectivity index is 0.